The maximum Gasteiger partial charge on any atom is 0.312 e. The molecule has 8 heteroatoms. The molecule has 0 spiro atoms. The van der Waals surface area contributed by atoms with E-state index in [1.165, 1.54) is 11.3 Å². The highest BCUT2D eigenvalue weighted by atomic mass is 35.5. The lowest BCUT2D eigenvalue weighted by molar-refractivity contribution is -0.144. The first-order valence-corrected chi connectivity index (χ1v) is 8.01. The highest BCUT2D eigenvalue weighted by Gasteiger charge is 2.12. The summed E-state index contributed by atoms with van der Waals surface area (Å²) < 4.78 is 10.6. The van der Waals surface area contributed by atoms with Crippen molar-refractivity contribution in [1.29, 1.82) is 0 Å². The second-order valence-electron chi connectivity index (χ2n) is 4.70. The summed E-state index contributed by atoms with van der Waals surface area (Å²) in [6.45, 7) is 1.82. The maximum atomic E-state index is 11.7. The van der Waals surface area contributed by atoms with Crippen molar-refractivity contribution in [1.82, 2.24) is 15.2 Å². The molecular formula is C15H12ClN3O3S. The SMILES string of the molecule is Cc1nc(CC(=O)OCc2nnc(-c3ccc(Cl)cc3)o2)cs1. The van der Waals surface area contributed by atoms with Crippen molar-refractivity contribution in [3.05, 3.63) is 51.3 Å². The Morgan fingerprint density at radius 1 is 1.30 bits per heavy atom. The van der Waals surface area contributed by atoms with Gasteiger partial charge in [-0.25, -0.2) is 4.98 Å². The fraction of sp³-hybridized carbons (Fsp3) is 0.200. The summed E-state index contributed by atoms with van der Waals surface area (Å²) in [4.78, 5) is 16.0. The Balaban J connectivity index is 1.56. The van der Waals surface area contributed by atoms with E-state index in [-0.39, 0.29) is 24.9 Å². The Morgan fingerprint density at radius 3 is 2.78 bits per heavy atom. The molecule has 0 saturated heterocycles. The normalized spacial score (nSPS) is 10.7. The second kappa shape index (κ2) is 6.89. The summed E-state index contributed by atoms with van der Waals surface area (Å²) >= 11 is 7.32. The van der Waals surface area contributed by atoms with Crippen molar-refractivity contribution in [3.8, 4) is 11.5 Å². The minimum atomic E-state index is -0.387. The van der Waals surface area contributed by atoms with Crippen LogP contribution < -0.4 is 0 Å². The Hall–Kier alpha value is -2.25. The molecular weight excluding hydrogens is 338 g/mol. The lowest BCUT2D eigenvalue weighted by atomic mass is 10.2. The van der Waals surface area contributed by atoms with E-state index >= 15 is 0 Å². The van der Waals surface area contributed by atoms with Crippen LogP contribution in [0.25, 0.3) is 11.5 Å². The first kappa shape index (κ1) is 15.6. The first-order valence-electron chi connectivity index (χ1n) is 6.75. The summed E-state index contributed by atoms with van der Waals surface area (Å²) in [5.74, 6) is 0.196. The summed E-state index contributed by atoms with van der Waals surface area (Å²) in [7, 11) is 0. The third-order valence-electron chi connectivity index (χ3n) is 2.91. The molecule has 1 aromatic carbocycles. The average Bonchev–Trinajstić information content (AvgIpc) is 3.15. The minimum absolute atomic E-state index is 0.0669. The maximum absolute atomic E-state index is 11.7. The van der Waals surface area contributed by atoms with Gasteiger partial charge in [0.1, 0.15) is 0 Å². The van der Waals surface area contributed by atoms with Gasteiger partial charge in [-0.2, -0.15) is 0 Å². The van der Waals surface area contributed by atoms with Crippen molar-refractivity contribution < 1.29 is 13.9 Å². The molecule has 0 amide bonds. The number of carbonyl (C=O) groups is 1. The number of aryl methyl sites for hydroxylation is 1. The van der Waals surface area contributed by atoms with Crippen molar-refractivity contribution in [3.63, 3.8) is 0 Å². The number of thiazole rings is 1. The number of hydrogen-bond donors (Lipinski definition) is 0. The van der Waals surface area contributed by atoms with Crippen LogP contribution >= 0.6 is 22.9 Å². The molecule has 3 aromatic rings. The van der Waals surface area contributed by atoms with Crippen LogP contribution in [0.4, 0.5) is 0 Å². The summed E-state index contributed by atoms with van der Waals surface area (Å²) in [6, 6.07) is 7.01. The fourth-order valence-electron chi connectivity index (χ4n) is 1.85. The Bertz CT molecular complexity index is 813. The Labute approximate surface area is 141 Å². The number of hydrogen-bond acceptors (Lipinski definition) is 7. The summed E-state index contributed by atoms with van der Waals surface area (Å²) in [5, 5.41) is 11.2. The molecule has 0 aliphatic heterocycles. The van der Waals surface area contributed by atoms with Gasteiger partial charge in [0.05, 0.1) is 17.1 Å². The average molecular weight is 350 g/mol. The van der Waals surface area contributed by atoms with E-state index in [1.54, 1.807) is 24.3 Å². The number of carbonyl (C=O) groups excluding carboxylic acids is 1. The standard InChI is InChI=1S/C15H12ClN3O3S/c1-9-17-12(8-23-9)6-14(20)21-7-13-18-19-15(22-13)10-2-4-11(16)5-3-10/h2-5,8H,6-7H2,1H3. The van der Waals surface area contributed by atoms with Crippen LogP contribution in [0.3, 0.4) is 0 Å². The molecule has 0 unspecified atom stereocenters. The van der Waals surface area contributed by atoms with E-state index in [2.05, 4.69) is 15.2 Å². The molecule has 2 heterocycles. The predicted octanol–water partition coefficient (Wildman–Crippen LogP) is 3.44. The molecule has 0 bridgehead atoms. The lowest BCUT2D eigenvalue weighted by Crippen LogP contribution is -2.08. The molecule has 0 aliphatic carbocycles. The summed E-state index contributed by atoms with van der Waals surface area (Å²) in [6.07, 6.45) is 0.127. The van der Waals surface area contributed by atoms with Crippen LogP contribution in [-0.4, -0.2) is 21.2 Å². The number of halogens is 1. The zero-order chi connectivity index (χ0) is 16.2. The molecule has 23 heavy (non-hydrogen) atoms. The molecule has 0 saturated carbocycles. The van der Waals surface area contributed by atoms with E-state index < -0.39 is 0 Å². The van der Waals surface area contributed by atoms with Crippen LogP contribution in [0, 0.1) is 6.92 Å². The quantitative estimate of drug-likeness (QED) is 0.656. The molecule has 118 valence electrons. The monoisotopic (exact) mass is 349 g/mol. The van der Waals surface area contributed by atoms with Crippen LogP contribution in [-0.2, 0) is 22.6 Å². The number of nitrogens with zero attached hydrogens (tertiary/aromatic N) is 3. The zero-order valence-electron chi connectivity index (χ0n) is 12.2. The van der Waals surface area contributed by atoms with E-state index in [0.29, 0.717) is 16.6 Å². The highest BCUT2D eigenvalue weighted by molar-refractivity contribution is 7.09. The molecule has 6 nitrogen and oxygen atoms in total. The van der Waals surface area contributed by atoms with Gasteiger partial charge < -0.3 is 9.15 Å². The van der Waals surface area contributed by atoms with Crippen LogP contribution in [0.5, 0.6) is 0 Å². The van der Waals surface area contributed by atoms with Gasteiger partial charge in [-0.3, -0.25) is 4.79 Å². The van der Waals surface area contributed by atoms with E-state index in [4.69, 9.17) is 20.8 Å². The predicted molar refractivity (Wildman–Crippen MR) is 85.1 cm³/mol. The smallest absolute Gasteiger partial charge is 0.312 e. The Kier molecular flexibility index (Phi) is 4.68. The zero-order valence-corrected chi connectivity index (χ0v) is 13.7. The van der Waals surface area contributed by atoms with Gasteiger partial charge >= 0.3 is 5.97 Å². The van der Waals surface area contributed by atoms with Gasteiger partial charge in [0.2, 0.25) is 5.89 Å². The molecule has 0 atom stereocenters. The van der Waals surface area contributed by atoms with Crippen molar-refractivity contribution in [2.45, 2.75) is 20.0 Å². The minimum Gasteiger partial charge on any atom is -0.455 e. The van der Waals surface area contributed by atoms with Crippen molar-refractivity contribution in [2.24, 2.45) is 0 Å². The van der Waals surface area contributed by atoms with Crippen LogP contribution in [0.15, 0.2) is 34.1 Å². The number of ether oxygens (including phenoxy) is 1. The molecule has 0 radical (unpaired) electrons. The van der Waals surface area contributed by atoms with E-state index in [1.807, 2.05) is 12.3 Å². The van der Waals surface area contributed by atoms with Crippen molar-refractivity contribution in [2.75, 3.05) is 0 Å². The largest absolute Gasteiger partial charge is 0.455 e. The number of rotatable bonds is 5. The van der Waals surface area contributed by atoms with Gasteiger partial charge in [0.15, 0.2) is 6.61 Å². The number of benzene rings is 1. The van der Waals surface area contributed by atoms with Gasteiger partial charge in [-0.15, -0.1) is 21.5 Å². The molecule has 0 aliphatic rings. The van der Waals surface area contributed by atoms with Gasteiger partial charge in [0.25, 0.3) is 5.89 Å². The van der Waals surface area contributed by atoms with Crippen LogP contribution in [0.2, 0.25) is 5.02 Å². The fourth-order valence-corrected chi connectivity index (χ4v) is 2.59. The van der Waals surface area contributed by atoms with Crippen LogP contribution in [0.1, 0.15) is 16.6 Å². The number of aromatic nitrogens is 3. The number of esters is 1. The van der Waals surface area contributed by atoms with Gasteiger partial charge in [-0.05, 0) is 31.2 Å². The van der Waals surface area contributed by atoms with Crippen molar-refractivity contribution >= 4 is 28.9 Å². The molecule has 2 aromatic heterocycles. The second-order valence-corrected chi connectivity index (χ2v) is 6.20. The van der Waals surface area contributed by atoms with Gasteiger partial charge in [0, 0.05) is 16.0 Å². The third-order valence-corrected chi connectivity index (χ3v) is 3.98. The van der Waals surface area contributed by atoms with Gasteiger partial charge in [-0.1, -0.05) is 11.6 Å². The van der Waals surface area contributed by atoms with E-state index in [0.717, 1.165) is 10.6 Å². The topological polar surface area (TPSA) is 78.1 Å². The first-order chi connectivity index (χ1) is 11.1. The molecule has 0 fully saturated rings. The molecule has 0 N–H and O–H groups in total. The molecule has 3 rings (SSSR count). The lowest BCUT2D eigenvalue weighted by Gasteiger charge is -2.00. The third kappa shape index (κ3) is 4.14. The Morgan fingerprint density at radius 2 is 2.09 bits per heavy atom. The highest BCUT2D eigenvalue weighted by Crippen LogP contribution is 2.20. The summed E-state index contributed by atoms with van der Waals surface area (Å²) in [5.41, 5.74) is 1.45. The van der Waals surface area contributed by atoms with E-state index in [9.17, 15) is 4.79 Å².